The van der Waals surface area contributed by atoms with Crippen LogP contribution < -0.4 is 10.1 Å². The third-order valence-electron chi connectivity index (χ3n) is 2.44. The van der Waals surface area contributed by atoms with Gasteiger partial charge in [0.15, 0.2) is 0 Å². The maximum absolute atomic E-state index is 5.49. The molecule has 0 fully saturated rings. The molecule has 0 amide bonds. The van der Waals surface area contributed by atoms with Crippen LogP contribution in [0.4, 0.5) is 0 Å². The number of hydrogen-bond acceptors (Lipinski definition) is 3. The molecule has 0 saturated carbocycles. The standard InChI is InChI=1S/C14H23NOS/c1-4-16-14-8-6-7-13(9-14)10-15-12(3)11-17-5-2/h6-9,12,15H,4-5,10-11H2,1-3H3. The molecule has 1 rings (SSSR count). The third-order valence-corrected chi connectivity index (χ3v) is 3.58. The Morgan fingerprint density at radius 3 is 2.88 bits per heavy atom. The van der Waals surface area contributed by atoms with Crippen LogP contribution in [0.3, 0.4) is 0 Å². The second-order valence-corrected chi connectivity index (χ2v) is 5.34. The Morgan fingerprint density at radius 2 is 2.18 bits per heavy atom. The molecule has 96 valence electrons. The van der Waals surface area contributed by atoms with E-state index in [0.717, 1.165) is 18.9 Å². The lowest BCUT2D eigenvalue weighted by molar-refractivity contribution is 0.339. The van der Waals surface area contributed by atoms with E-state index in [1.54, 1.807) is 0 Å². The van der Waals surface area contributed by atoms with E-state index < -0.39 is 0 Å². The van der Waals surface area contributed by atoms with Gasteiger partial charge in [-0.25, -0.2) is 0 Å². The molecule has 0 aromatic heterocycles. The van der Waals surface area contributed by atoms with E-state index in [-0.39, 0.29) is 0 Å². The number of benzene rings is 1. The maximum Gasteiger partial charge on any atom is 0.119 e. The first-order chi connectivity index (χ1) is 8.26. The van der Waals surface area contributed by atoms with Crippen molar-refractivity contribution in [1.82, 2.24) is 5.32 Å². The van der Waals surface area contributed by atoms with Gasteiger partial charge in [-0.15, -0.1) is 0 Å². The predicted molar refractivity (Wildman–Crippen MR) is 76.9 cm³/mol. The molecule has 0 radical (unpaired) electrons. The topological polar surface area (TPSA) is 21.3 Å². The Morgan fingerprint density at radius 1 is 1.35 bits per heavy atom. The first-order valence-electron chi connectivity index (χ1n) is 6.29. The summed E-state index contributed by atoms with van der Waals surface area (Å²) in [6, 6.07) is 8.85. The van der Waals surface area contributed by atoms with Crippen LogP contribution in [0.25, 0.3) is 0 Å². The summed E-state index contributed by atoms with van der Waals surface area (Å²) in [5.74, 6) is 3.32. The highest BCUT2D eigenvalue weighted by molar-refractivity contribution is 7.99. The minimum absolute atomic E-state index is 0.552. The average molecular weight is 253 g/mol. The molecule has 0 aliphatic heterocycles. The lowest BCUT2D eigenvalue weighted by Crippen LogP contribution is -2.27. The van der Waals surface area contributed by atoms with Gasteiger partial charge in [-0.2, -0.15) is 11.8 Å². The van der Waals surface area contributed by atoms with Crippen molar-refractivity contribution in [3.05, 3.63) is 29.8 Å². The molecule has 2 nitrogen and oxygen atoms in total. The zero-order valence-electron chi connectivity index (χ0n) is 11.0. The quantitative estimate of drug-likeness (QED) is 0.768. The second kappa shape index (κ2) is 8.43. The summed E-state index contributed by atoms with van der Waals surface area (Å²) >= 11 is 1.98. The van der Waals surface area contributed by atoms with Crippen LogP contribution in [0.5, 0.6) is 5.75 Å². The van der Waals surface area contributed by atoms with Crippen LogP contribution in [0.15, 0.2) is 24.3 Å². The number of thioether (sulfide) groups is 1. The summed E-state index contributed by atoms with van der Waals surface area (Å²) in [4.78, 5) is 0. The SMILES string of the molecule is CCOc1cccc(CNC(C)CSCC)c1. The molecule has 0 aliphatic rings. The molecule has 1 aromatic carbocycles. The molecule has 0 bridgehead atoms. The minimum atomic E-state index is 0.552. The lowest BCUT2D eigenvalue weighted by atomic mass is 10.2. The fourth-order valence-electron chi connectivity index (χ4n) is 1.56. The van der Waals surface area contributed by atoms with Crippen molar-refractivity contribution in [1.29, 1.82) is 0 Å². The van der Waals surface area contributed by atoms with Crippen LogP contribution in [0, 0.1) is 0 Å². The highest BCUT2D eigenvalue weighted by Gasteiger charge is 2.01. The van der Waals surface area contributed by atoms with E-state index >= 15 is 0 Å². The van der Waals surface area contributed by atoms with Gasteiger partial charge in [0.25, 0.3) is 0 Å². The smallest absolute Gasteiger partial charge is 0.119 e. The minimum Gasteiger partial charge on any atom is -0.494 e. The molecule has 0 heterocycles. The van der Waals surface area contributed by atoms with Crippen molar-refractivity contribution < 1.29 is 4.74 Å². The summed E-state index contributed by atoms with van der Waals surface area (Å²) in [6.45, 7) is 8.07. The van der Waals surface area contributed by atoms with Crippen LogP contribution in [-0.4, -0.2) is 24.2 Å². The molecule has 17 heavy (non-hydrogen) atoms. The number of nitrogens with one attached hydrogen (secondary N) is 1. The zero-order chi connectivity index (χ0) is 12.5. The number of rotatable bonds is 8. The molecule has 0 spiro atoms. The van der Waals surface area contributed by atoms with Crippen molar-refractivity contribution in [2.75, 3.05) is 18.1 Å². The van der Waals surface area contributed by atoms with Crippen LogP contribution in [0.1, 0.15) is 26.3 Å². The Bertz CT molecular complexity index is 317. The summed E-state index contributed by atoms with van der Waals surface area (Å²) < 4.78 is 5.49. The Labute approximate surface area is 109 Å². The highest BCUT2D eigenvalue weighted by atomic mass is 32.2. The van der Waals surface area contributed by atoms with E-state index in [2.05, 4.69) is 31.3 Å². The molecule has 0 aliphatic carbocycles. The molecule has 1 aromatic rings. The Kier molecular flexibility index (Phi) is 7.13. The first kappa shape index (κ1) is 14.4. The van der Waals surface area contributed by atoms with Gasteiger partial charge in [-0.05, 0) is 37.3 Å². The monoisotopic (exact) mass is 253 g/mol. The summed E-state index contributed by atoms with van der Waals surface area (Å²) in [6.07, 6.45) is 0. The Hall–Kier alpha value is -0.670. The fourth-order valence-corrected chi connectivity index (χ4v) is 2.26. The summed E-state index contributed by atoms with van der Waals surface area (Å²) in [7, 11) is 0. The summed E-state index contributed by atoms with van der Waals surface area (Å²) in [5, 5.41) is 3.53. The largest absolute Gasteiger partial charge is 0.494 e. The van der Waals surface area contributed by atoms with Crippen LogP contribution in [0.2, 0.25) is 0 Å². The van der Waals surface area contributed by atoms with E-state index in [9.17, 15) is 0 Å². The van der Waals surface area contributed by atoms with Crippen molar-refractivity contribution in [3.8, 4) is 5.75 Å². The van der Waals surface area contributed by atoms with E-state index in [1.807, 2.05) is 30.8 Å². The van der Waals surface area contributed by atoms with Gasteiger partial charge in [0.05, 0.1) is 6.61 Å². The number of hydrogen-bond donors (Lipinski definition) is 1. The third kappa shape index (κ3) is 5.99. The van der Waals surface area contributed by atoms with Gasteiger partial charge in [0.2, 0.25) is 0 Å². The van der Waals surface area contributed by atoms with Crippen molar-refractivity contribution in [2.45, 2.75) is 33.4 Å². The molecule has 3 heteroatoms. The summed E-state index contributed by atoms with van der Waals surface area (Å²) in [5.41, 5.74) is 1.28. The molecular formula is C14H23NOS. The van der Waals surface area contributed by atoms with E-state index in [4.69, 9.17) is 4.74 Å². The van der Waals surface area contributed by atoms with Gasteiger partial charge < -0.3 is 10.1 Å². The normalized spacial score (nSPS) is 12.4. The second-order valence-electron chi connectivity index (χ2n) is 4.02. The molecule has 1 atom stereocenters. The molecule has 1 unspecified atom stereocenters. The number of ether oxygens (including phenoxy) is 1. The van der Waals surface area contributed by atoms with Crippen LogP contribution in [-0.2, 0) is 6.54 Å². The predicted octanol–water partition coefficient (Wildman–Crippen LogP) is 3.32. The van der Waals surface area contributed by atoms with Gasteiger partial charge in [0, 0.05) is 18.3 Å². The van der Waals surface area contributed by atoms with Gasteiger partial charge in [0.1, 0.15) is 5.75 Å². The lowest BCUT2D eigenvalue weighted by Gasteiger charge is -2.13. The van der Waals surface area contributed by atoms with Gasteiger partial charge in [-0.3, -0.25) is 0 Å². The van der Waals surface area contributed by atoms with Crippen molar-refractivity contribution in [3.63, 3.8) is 0 Å². The molecular weight excluding hydrogens is 230 g/mol. The van der Waals surface area contributed by atoms with E-state index in [1.165, 1.54) is 17.1 Å². The Balaban J connectivity index is 2.37. The average Bonchev–Trinajstić information content (AvgIpc) is 2.35. The zero-order valence-corrected chi connectivity index (χ0v) is 11.8. The first-order valence-corrected chi connectivity index (χ1v) is 7.44. The highest BCUT2D eigenvalue weighted by Crippen LogP contribution is 2.13. The fraction of sp³-hybridized carbons (Fsp3) is 0.571. The van der Waals surface area contributed by atoms with Crippen molar-refractivity contribution >= 4 is 11.8 Å². The maximum atomic E-state index is 5.49. The van der Waals surface area contributed by atoms with E-state index in [0.29, 0.717) is 6.04 Å². The van der Waals surface area contributed by atoms with Crippen LogP contribution >= 0.6 is 11.8 Å². The van der Waals surface area contributed by atoms with Gasteiger partial charge in [-0.1, -0.05) is 19.1 Å². The van der Waals surface area contributed by atoms with Gasteiger partial charge >= 0.3 is 0 Å². The van der Waals surface area contributed by atoms with Crippen molar-refractivity contribution in [2.24, 2.45) is 0 Å². The molecule has 0 saturated heterocycles. The molecule has 1 N–H and O–H groups in total.